The van der Waals surface area contributed by atoms with Gasteiger partial charge >= 0.3 is 0 Å². The van der Waals surface area contributed by atoms with Crippen molar-refractivity contribution in [2.45, 2.75) is 25.8 Å². The number of carbonyl (C=O) groups excluding carboxylic acids is 1. The largest absolute Gasteiger partial charge is 0.457 e. The number of likely N-dealkylation sites (N-methyl/N-ethyl adjacent to an activating group) is 1. The minimum absolute atomic E-state index is 0.0997. The van der Waals surface area contributed by atoms with Gasteiger partial charge in [0.1, 0.15) is 23.3 Å². The third kappa shape index (κ3) is 6.54. The topological polar surface area (TPSA) is 110 Å². The van der Waals surface area contributed by atoms with Crippen molar-refractivity contribution in [2.24, 2.45) is 7.05 Å². The molecule has 0 bridgehead atoms. The molecule has 0 spiro atoms. The van der Waals surface area contributed by atoms with Crippen molar-refractivity contribution in [3.63, 3.8) is 0 Å². The predicted molar refractivity (Wildman–Crippen MR) is 169 cm³/mol. The summed E-state index contributed by atoms with van der Waals surface area (Å²) < 4.78 is 8.14. The Hall–Kier alpha value is -5.09. The van der Waals surface area contributed by atoms with Gasteiger partial charge in [0.15, 0.2) is 5.82 Å². The predicted octanol–water partition coefficient (Wildman–Crippen LogP) is 5.54. The van der Waals surface area contributed by atoms with Crippen LogP contribution in [-0.4, -0.2) is 61.5 Å². The molecular formula is C33H34N8O2. The first kappa shape index (κ1) is 28.0. The van der Waals surface area contributed by atoms with Crippen LogP contribution in [0.15, 0.2) is 79.4 Å². The van der Waals surface area contributed by atoms with Gasteiger partial charge in [-0.3, -0.25) is 9.69 Å². The molecule has 1 amide bonds. The second kappa shape index (κ2) is 12.4. The fraction of sp³-hybridized carbons (Fsp3) is 0.242. The van der Waals surface area contributed by atoms with Crippen LogP contribution >= 0.6 is 0 Å². The molecule has 10 nitrogen and oxygen atoms in total. The summed E-state index contributed by atoms with van der Waals surface area (Å²) in [4.78, 5) is 32.5. The molecule has 0 unspecified atom stereocenters. The zero-order valence-electron chi connectivity index (χ0n) is 24.5. The van der Waals surface area contributed by atoms with Gasteiger partial charge in [0, 0.05) is 37.5 Å². The molecule has 1 aliphatic rings. The van der Waals surface area contributed by atoms with E-state index in [-0.39, 0.29) is 5.91 Å². The van der Waals surface area contributed by atoms with Crippen LogP contribution in [0.25, 0.3) is 28.1 Å². The van der Waals surface area contributed by atoms with Crippen LogP contribution < -0.4 is 15.4 Å². The first-order chi connectivity index (χ1) is 20.9. The van der Waals surface area contributed by atoms with E-state index in [1.165, 1.54) is 12.7 Å². The number of carbonyl (C=O) groups is 1. The van der Waals surface area contributed by atoms with Crippen LogP contribution in [-0.2, 0) is 11.8 Å². The summed E-state index contributed by atoms with van der Waals surface area (Å²) in [5, 5.41) is 6.28. The van der Waals surface area contributed by atoms with Crippen LogP contribution in [0.1, 0.15) is 24.1 Å². The van der Waals surface area contributed by atoms with Crippen LogP contribution in [0, 0.1) is 6.92 Å². The average molecular weight is 575 g/mol. The number of aromatic nitrogens is 5. The minimum atomic E-state index is -0.0997. The molecule has 5 aromatic rings. The Labute approximate surface area is 250 Å². The van der Waals surface area contributed by atoms with E-state index in [9.17, 15) is 4.79 Å². The number of fused-ring (bicyclic) bond motifs is 2. The summed E-state index contributed by atoms with van der Waals surface area (Å²) in [5.41, 5.74) is 5.88. The van der Waals surface area contributed by atoms with E-state index in [4.69, 9.17) is 9.72 Å². The molecule has 0 radical (unpaired) electrons. The highest BCUT2D eigenvalue weighted by Gasteiger charge is 2.17. The maximum Gasteiger partial charge on any atom is 0.243 e. The summed E-state index contributed by atoms with van der Waals surface area (Å²) >= 11 is 0. The van der Waals surface area contributed by atoms with Crippen molar-refractivity contribution in [1.82, 2.24) is 34.7 Å². The van der Waals surface area contributed by atoms with E-state index in [0.29, 0.717) is 23.9 Å². The zero-order chi connectivity index (χ0) is 29.8. The molecule has 2 N–H and O–H groups in total. The summed E-state index contributed by atoms with van der Waals surface area (Å²) in [6, 6.07) is 15.9. The molecular weight excluding hydrogens is 540 g/mol. The molecule has 6 rings (SSSR count). The first-order valence-corrected chi connectivity index (χ1v) is 14.3. The highest BCUT2D eigenvalue weighted by atomic mass is 16.5. The smallest absolute Gasteiger partial charge is 0.243 e. The molecule has 2 aromatic carbocycles. The van der Waals surface area contributed by atoms with Gasteiger partial charge in [-0.05, 0) is 87.5 Å². The van der Waals surface area contributed by atoms with Crippen LogP contribution in [0.4, 0.5) is 11.5 Å². The number of nitrogens with one attached hydrogen (secondary N) is 2. The number of likely N-dealkylation sites (tertiary alicyclic amines) is 1. The summed E-state index contributed by atoms with van der Waals surface area (Å²) in [6.07, 6.45) is 12.9. The molecule has 1 saturated heterocycles. The molecule has 1 atom stereocenters. The number of hydrogen-bond donors (Lipinski definition) is 2. The van der Waals surface area contributed by atoms with Gasteiger partial charge in [-0.25, -0.2) is 19.9 Å². The standard InChI is InChI=1S/C33H34N8O2/c1-22-18-24(9-14-30(22)43-26-11-13-29-28(19-26)37-21-41(29)3)39-33-32-27(35-20-36-33)12-8-23(38-32)6-4-16-34-31(42)15-10-25-7-5-17-40(25)2/h4,6,8-15,18-21,25H,5,7,16-17H2,1-3H3,(H,34,42)(H,35,36,39)/b6-4+,15-10?/t25-/m1/s1. The third-order valence-corrected chi connectivity index (χ3v) is 7.60. The van der Waals surface area contributed by atoms with Gasteiger partial charge in [0.25, 0.3) is 0 Å². The lowest BCUT2D eigenvalue weighted by Crippen LogP contribution is -2.25. The van der Waals surface area contributed by atoms with Crippen molar-refractivity contribution in [1.29, 1.82) is 0 Å². The molecule has 3 aromatic heterocycles. The number of amides is 1. The van der Waals surface area contributed by atoms with E-state index in [0.717, 1.165) is 58.0 Å². The van der Waals surface area contributed by atoms with Gasteiger partial charge in [-0.1, -0.05) is 12.2 Å². The lowest BCUT2D eigenvalue weighted by atomic mass is 10.2. The van der Waals surface area contributed by atoms with E-state index in [2.05, 4.69) is 37.5 Å². The van der Waals surface area contributed by atoms with Crippen molar-refractivity contribution in [2.75, 3.05) is 25.5 Å². The summed E-state index contributed by atoms with van der Waals surface area (Å²) in [7, 11) is 4.06. The molecule has 1 fully saturated rings. The molecule has 10 heteroatoms. The Morgan fingerprint density at radius 3 is 2.81 bits per heavy atom. The summed E-state index contributed by atoms with van der Waals surface area (Å²) in [5.74, 6) is 1.99. The second-order valence-electron chi connectivity index (χ2n) is 10.7. The Bertz CT molecular complexity index is 1840. The molecule has 0 saturated carbocycles. The number of hydrogen-bond acceptors (Lipinski definition) is 8. The van der Waals surface area contributed by atoms with Crippen molar-refractivity contribution in [3.8, 4) is 11.5 Å². The van der Waals surface area contributed by atoms with Crippen molar-refractivity contribution >= 4 is 45.6 Å². The molecule has 43 heavy (non-hydrogen) atoms. The number of aryl methyl sites for hydroxylation is 2. The number of ether oxygens (including phenoxy) is 1. The maximum atomic E-state index is 12.2. The van der Waals surface area contributed by atoms with Gasteiger partial charge in [0.2, 0.25) is 5.91 Å². The quantitative estimate of drug-likeness (QED) is 0.221. The number of anilines is 2. The van der Waals surface area contributed by atoms with Gasteiger partial charge < -0.3 is 19.9 Å². The van der Waals surface area contributed by atoms with Crippen LogP contribution in [0.2, 0.25) is 0 Å². The van der Waals surface area contributed by atoms with Gasteiger partial charge in [0.05, 0.1) is 28.6 Å². The normalized spacial score (nSPS) is 15.7. The number of rotatable bonds is 9. The molecule has 218 valence electrons. The van der Waals surface area contributed by atoms with E-state index < -0.39 is 0 Å². The minimum Gasteiger partial charge on any atom is -0.457 e. The van der Waals surface area contributed by atoms with Crippen LogP contribution in [0.3, 0.4) is 0 Å². The zero-order valence-corrected chi connectivity index (χ0v) is 24.5. The Balaban J connectivity index is 1.10. The second-order valence-corrected chi connectivity index (χ2v) is 10.7. The number of benzene rings is 2. The van der Waals surface area contributed by atoms with E-state index in [1.54, 1.807) is 12.4 Å². The van der Waals surface area contributed by atoms with Crippen molar-refractivity contribution < 1.29 is 9.53 Å². The lowest BCUT2D eigenvalue weighted by molar-refractivity contribution is -0.116. The number of imidazole rings is 1. The first-order valence-electron chi connectivity index (χ1n) is 14.3. The number of nitrogens with zero attached hydrogens (tertiary/aromatic N) is 6. The van der Waals surface area contributed by atoms with Gasteiger partial charge in [-0.15, -0.1) is 0 Å². The Morgan fingerprint density at radius 1 is 1.07 bits per heavy atom. The number of pyridine rings is 1. The maximum absolute atomic E-state index is 12.2. The highest BCUT2D eigenvalue weighted by molar-refractivity contribution is 5.88. The Kier molecular flexibility index (Phi) is 8.10. The van der Waals surface area contributed by atoms with Gasteiger partial charge in [-0.2, -0.15) is 0 Å². The van der Waals surface area contributed by atoms with E-state index >= 15 is 0 Å². The van der Waals surface area contributed by atoms with Crippen molar-refractivity contribution in [3.05, 3.63) is 90.7 Å². The summed E-state index contributed by atoms with van der Waals surface area (Å²) in [6.45, 7) is 3.48. The molecule has 0 aliphatic carbocycles. The molecule has 4 heterocycles. The monoisotopic (exact) mass is 574 g/mol. The fourth-order valence-corrected chi connectivity index (χ4v) is 5.20. The average Bonchev–Trinajstić information content (AvgIpc) is 3.60. The fourth-order valence-electron chi connectivity index (χ4n) is 5.20. The van der Waals surface area contributed by atoms with E-state index in [1.807, 2.05) is 85.3 Å². The highest BCUT2D eigenvalue weighted by Crippen LogP contribution is 2.31. The Morgan fingerprint density at radius 2 is 1.98 bits per heavy atom. The molecule has 1 aliphatic heterocycles. The third-order valence-electron chi connectivity index (χ3n) is 7.60. The van der Waals surface area contributed by atoms with Crippen LogP contribution in [0.5, 0.6) is 11.5 Å². The SMILES string of the molecule is Cc1cc(Nc2ncnc3ccc(/C=C/CNC(=O)C=C[C@H]4CCCN4C)nc23)ccc1Oc1ccc2c(c1)ncn2C. The lowest BCUT2D eigenvalue weighted by Gasteiger charge is -2.14.